The molecule has 23 heavy (non-hydrogen) atoms. The number of hydrogen-bond acceptors (Lipinski definition) is 4. The number of rotatable bonds is 2. The van der Waals surface area contributed by atoms with Crippen molar-refractivity contribution in [3.63, 3.8) is 0 Å². The van der Waals surface area contributed by atoms with Gasteiger partial charge >= 0.3 is 5.69 Å². The van der Waals surface area contributed by atoms with Gasteiger partial charge in [-0.25, -0.2) is 9.36 Å². The van der Waals surface area contributed by atoms with Crippen molar-refractivity contribution in [2.45, 2.75) is 13.0 Å². The minimum Gasteiger partial charge on any atom is -0.493 e. The van der Waals surface area contributed by atoms with Gasteiger partial charge in [-0.05, 0) is 19.1 Å². The van der Waals surface area contributed by atoms with E-state index in [2.05, 4.69) is 6.07 Å². The maximum absolute atomic E-state index is 12.5. The molecule has 0 saturated heterocycles. The number of benzene rings is 2. The molecule has 0 aliphatic heterocycles. The summed E-state index contributed by atoms with van der Waals surface area (Å²) in [6.45, 7) is 1.48. The highest BCUT2D eigenvalue weighted by Gasteiger charge is 2.22. The van der Waals surface area contributed by atoms with Crippen LogP contribution in [-0.2, 0) is 7.05 Å². The zero-order chi connectivity index (χ0) is 16.7. The fourth-order valence-corrected chi connectivity index (χ4v) is 2.87. The van der Waals surface area contributed by atoms with Crippen molar-refractivity contribution in [1.29, 1.82) is 5.26 Å². The summed E-state index contributed by atoms with van der Waals surface area (Å²) in [4.78, 5) is 12.5. The molecule has 0 aliphatic carbocycles. The van der Waals surface area contributed by atoms with Gasteiger partial charge in [0, 0.05) is 17.8 Å². The lowest BCUT2D eigenvalue weighted by molar-refractivity contribution is 0.185. The largest absolute Gasteiger partial charge is 0.493 e. The molecule has 1 heterocycles. The Morgan fingerprint density at radius 2 is 1.83 bits per heavy atom. The van der Waals surface area contributed by atoms with Crippen molar-refractivity contribution in [2.24, 2.45) is 7.05 Å². The SMILES string of the molecule is CC(O)c1c(O)n(-c2ccc(C#N)c3ccccc23)c(=O)n1C. The summed E-state index contributed by atoms with van der Waals surface area (Å²) in [6.07, 6.45) is -0.987. The van der Waals surface area contributed by atoms with E-state index < -0.39 is 11.8 Å². The molecule has 6 nitrogen and oxygen atoms in total. The molecule has 0 fully saturated rings. The van der Waals surface area contributed by atoms with Gasteiger partial charge in [0.15, 0.2) is 0 Å². The summed E-state index contributed by atoms with van der Waals surface area (Å²) in [7, 11) is 1.49. The third-order valence-corrected chi connectivity index (χ3v) is 3.94. The molecular weight excluding hydrogens is 294 g/mol. The average Bonchev–Trinajstić information content (AvgIpc) is 2.76. The highest BCUT2D eigenvalue weighted by atomic mass is 16.3. The zero-order valence-electron chi connectivity index (χ0n) is 12.7. The van der Waals surface area contributed by atoms with Crippen molar-refractivity contribution in [3.05, 3.63) is 58.1 Å². The predicted octanol–water partition coefficient (Wildman–Crippen LogP) is 1.96. The first kappa shape index (κ1) is 14.9. The van der Waals surface area contributed by atoms with E-state index in [0.29, 0.717) is 22.0 Å². The van der Waals surface area contributed by atoms with E-state index in [-0.39, 0.29) is 11.6 Å². The molecule has 2 aromatic carbocycles. The van der Waals surface area contributed by atoms with E-state index in [1.807, 2.05) is 6.07 Å². The summed E-state index contributed by atoms with van der Waals surface area (Å²) in [5.74, 6) is -0.303. The number of aliphatic hydroxyl groups excluding tert-OH is 1. The average molecular weight is 309 g/mol. The van der Waals surface area contributed by atoms with Crippen LogP contribution in [0.15, 0.2) is 41.2 Å². The van der Waals surface area contributed by atoms with Gasteiger partial charge in [-0.15, -0.1) is 0 Å². The molecule has 1 aromatic heterocycles. The second-order valence-corrected chi connectivity index (χ2v) is 5.35. The number of fused-ring (bicyclic) bond motifs is 1. The Balaban J connectivity index is 2.43. The van der Waals surface area contributed by atoms with Crippen LogP contribution in [0.2, 0.25) is 0 Å². The van der Waals surface area contributed by atoms with Crippen LogP contribution in [-0.4, -0.2) is 19.3 Å². The lowest BCUT2D eigenvalue weighted by atomic mass is 10.0. The number of hydrogen-bond donors (Lipinski definition) is 2. The molecule has 116 valence electrons. The Bertz CT molecular complexity index is 1010. The monoisotopic (exact) mass is 309 g/mol. The molecule has 0 radical (unpaired) electrons. The number of aromatic hydroxyl groups is 1. The number of nitriles is 1. The summed E-state index contributed by atoms with van der Waals surface area (Å²) in [5, 5.41) is 30.8. The fourth-order valence-electron chi connectivity index (χ4n) is 2.87. The van der Waals surface area contributed by atoms with Gasteiger partial charge in [-0.2, -0.15) is 5.26 Å². The van der Waals surface area contributed by atoms with Gasteiger partial charge in [-0.3, -0.25) is 4.57 Å². The van der Waals surface area contributed by atoms with E-state index in [0.717, 1.165) is 4.57 Å². The summed E-state index contributed by atoms with van der Waals surface area (Å²) >= 11 is 0. The lowest BCUT2D eigenvalue weighted by Crippen LogP contribution is -2.22. The van der Waals surface area contributed by atoms with Gasteiger partial charge in [0.1, 0.15) is 5.69 Å². The molecule has 0 spiro atoms. The minimum atomic E-state index is -0.987. The lowest BCUT2D eigenvalue weighted by Gasteiger charge is -2.09. The molecule has 1 atom stereocenters. The van der Waals surface area contributed by atoms with E-state index >= 15 is 0 Å². The molecule has 3 aromatic rings. The Morgan fingerprint density at radius 1 is 1.17 bits per heavy atom. The van der Waals surface area contributed by atoms with Crippen LogP contribution in [0.3, 0.4) is 0 Å². The van der Waals surface area contributed by atoms with Crippen LogP contribution in [0.1, 0.15) is 24.3 Å². The first-order valence-corrected chi connectivity index (χ1v) is 7.08. The fraction of sp³-hybridized carbons (Fsp3) is 0.176. The zero-order valence-corrected chi connectivity index (χ0v) is 12.7. The number of nitrogens with zero attached hydrogens (tertiary/aromatic N) is 3. The van der Waals surface area contributed by atoms with Crippen LogP contribution in [0.5, 0.6) is 5.88 Å². The van der Waals surface area contributed by atoms with Gasteiger partial charge in [0.25, 0.3) is 0 Å². The quantitative estimate of drug-likeness (QED) is 0.757. The number of imidazole rings is 1. The third-order valence-electron chi connectivity index (χ3n) is 3.94. The number of aliphatic hydroxyl groups is 1. The molecule has 0 amide bonds. The highest BCUT2D eigenvalue weighted by molar-refractivity contribution is 5.94. The maximum atomic E-state index is 12.5. The van der Waals surface area contributed by atoms with Crippen LogP contribution in [0.4, 0.5) is 0 Å². The van der Waals surface area contributed by atoms with E-state index in [9.17, 15) is 20.3 Å². The topological polar surface area (TPSA) is 91.2 Å². The Labute approximate surface area is 132 Å². The van der Waals surface area contributed by atoms with Crippen molar-refractivity contribution >= 4 is 10.8 Å². The van der Waals surface area contributed by atoms with Crippen molar-refractivity contribution in [3.8, 4) is 17.6 Å². The van der Waals surface area contributed by atoms with Gasteiger partial charge < -0.3 is 10.2 Å². The second-order valence-electron chi connectivity index (χ2n) is 5.35. The molecule has 3 rings (SSSR count). The van der Waals surface area contributed by atoms with Crippen molar-refractivity contribution in [1.82, 2.24) is 9.13 Å². The van der Waals surface area contributed by atoms with Crippen LogP contribution >= 0.6 is 0 Å². The summed E-state index contributed by atoms with van der Waals surface area (Å²) < 4.78 is 2.36. The van der Waals surface area contributed by atoms with Crippen LogP contribution in [0, 0.1) is 11.3 Å². The van der Waals surface area contributed by atoms with Crippen molar-refractivity contribution in [2.75, 3.05) is 0 Å². The predicted molar refractivity (Wildman–Crippen MR) is 85.5 cm³/mol. The smallest absolute Gasteiger partial charge is 0.335 e. The molecular formula is C17H15N3O3. The molecule has 0 saturated carbocycles. The first-order chi connectivity index (χ1) is 11.0. The third kappa shape index (κ3) is 2.10. The van der Waals surface area contributed by atoms with Gasteiger partial charge in [-0.1, -0.05) is 24.3 Å². The Morgan fingerprint density at radius 3 is 2.39 bits per heavy atom. The summed E-state index contributed by atoms with van der Waals surface area (Å²) in [5.41, 5.74) is 0.630. The second kappa shape index (κ2) is 5.30. The standard InChI is InChI=1S/C17H15N3O3/c1-10(21)15-16(22)20(17(23)19(15)2)14-8-7-11(9-18)12-5-3-4-6-13(12)14/h3-8,10,21-22H,1-2H3. The highest BCUT2D eigenvalue weighted by Crippen LogP contribution is 2.30. The van der Waals surface area contributed by atoms with E-state index in [1.165, 1.54) is 18.5 Å². The Kier molecular flexibility index (Phi) is 3.43. The minimum absolute atomic E-state index is 0.142. The first-order valence-electron chi connectivity index (χ1n) is 7.08. The molecule has 0 bridgehead atoms. The Hall–Kier alpha value is -3.04. The van der Waals surface area contributed by atoms with Crippen LogP contribution < -0.4 is 5.69 Å². The van der Waals surface area contributed by atoms with Crippen LogP contribution in [0.25, 0.3) is 16.5 Å². The van der Waals surface area contributed by atoms with E-state index in [1.54, 1.807) is 30.3 Å². The molecule has 0 aliphatic rings. The van der Waals surface area contributed by atoms with Gasteiger partial charge in [0.05, 0.1) is 23.4 Å². The molecule has 6 heteroatoms. The normalized spacial score (nSPS) is 12.3. The summed E-state index contributed by atoms with van der Waals surface area (Å²) in [6, 6.07) is 12.5. The van der Waals surface area contributed by atoms with E-state index in [4.69, 9.17) is 0 Å². The number of aromatic nitrogens is 2. The maximum Gasteiger partial charge on any atom is 0.335 e. The van der Waals surface area contributed by atoms with Gasteiger partial charge in [0.2, 0.25) is 5.88 Å². The molecule has 1 unspecified atom stereocenters. The molecule has 2 N–H and O–H groups in total. The van der Waals surface area contributed by atoms with Crippen molar-refractivity contribution < 1.29 is 10.2 Å².